The lowest BCUT2D eigenvalue weighted by molar-refractivity contribution is 0.211. The summed E-state index contributed by atoms with van der Waals surface area (Å²) in [6.07, 6.45) is 5.45. The van der Waals surface area contributed by atoms with Crippen LogP contribution in [0.2, 0.25) is 0 Å². The molecular formula is C16H18N2O2. The minimum Gasteiger partial charge on any atom is -0.493 e. The zero-order valence-electron chi connectivity index (χ0n) is 11.5. The van der Waals surface area contributed by atoms with Gasteiger partial charge in [-0.05, 0) is 36.1 Å². The second kappa shape index (κ2) is 5.41. The van der Waals surface area contributed by atoms with Gasteiger partial charge in [-0.25, -0.2) is 0 Å². The maximum atomic E-state index is 5.88. The van der Waals surface area contributed by atoms with Crippen molar-refractivity contribution in [2.24, 2.45) is 5.92 Å². The number of fused-ring (bicyclic) bond motifs is 1. The van der Waals surface area contributed by atoms with Crippen LogP contribution in [-0.4, -0.2) is 18.7 Å². The van der Waals surface area contributed by atoms with Crippen molar-refractivity contribution in [1.82, 2.24) is 4.98 Å². The van der Waals surface area contributed by atoms with Gasteiger partial charge in [0.15, 0.2) is 11.5 Å². The van der Waals surface area contributed by atoms with E-state index in [0.717, 1.165) is 29.9 Å². The molecule has 3 rings (SSSR count). The fourth-order valence-electron chi connectivity index (χ4n) is 2.70. The number of methoxy groups -OCH3 is 1. The van der Waals surface area contributed by atoms with Crippen molar-refractivity contribution in [2.45, 2.75) is 12.8 Å². The second-order valence-electron chi connectivity index (χ2n) is 5.16. The second-order valence-corrected chi connectivity index (χ2v) is 5.16. The third-order valence-electron chi connectivity index (χ3n) is 3.59. The van der Waals surface area contributed by atoms with Crippen LogP contribution in [0.15, 0.2) is 36.7 Å². The van der Waals surface area contributed by atoms with E-state index in [1.165, 1.54) is 5.56 Å². The third-order valence-corrected chi connectivity index (χ3v) is 3.59. The first kappa shape index (κ1) is 12.8. The molecule has 1 aliphatic heterocycles. The summed E-state index contributed by atoms with van der Waals surface area (Å²) in [6.45, 7) is 0.697. The molecule has 0 fully saturated rings. The van der Waals surface area contributed by atoms with Crippen molar-refractivity contribution in [3.8, 4) is 11.5 Å². The standard InChI is InChI=1S/C16H18N2O2/c1-19-15-4-2-3-13-6-12(10-20-16(13)15)5-11-7-14(17)9-18-8-11/h2-4,7-9,12H,5-6,10,17H2,1H3/t12-/m0/s1. The van der Waals surface area contributed by atoms with Gasteiger partial charge in [-0.3, -0.25) is 4.98 Å². The first-order chi connectivity index (χ1) is 9.76. The molecule has 4 nitrogen and oxygen atoms in total. The number of para-hydroxylation sites is 1. The summed E-state index contributed by atoms with van der Waals surface area (Å²) in [5, 5.41) is 0. The van der Waals surface area contributed by atoms with Crippen LogP contribution in [0.5, 0.6) is 11.5 Å². The summed E-state index contributed by atoms with van der Waals surface area (Å²) in [5.74, 6) is 2.14. The van der Waals surface area contributed by atoms with E-state index < -0.39 is 0 Å². The van der Waals surface area contributed by atoms with Crippen LogP contribution in [0.25, 0.3) is 0 Å². The molecule has 2 N–H and O–H groups in total. The van der Waals surface area contributed by atoms with E-state index in [2.05, 4.69) is 11.1 Å². The van der Waals surface area contributed by atoms with Crippen LogP contribution in [-0.2, 0) is 12.8 Å². The van der Waals surface area contributed by atoms with Crippen molar-refractivity contribution in [3.63, 3.8) is 0 Å². The Morgan fingerprint density at radius 2 is 2.30 bits per heavy atom. The van der Waals surface area contributed by atoms with Crippen molar-refractivity contribution in [3.05, 3.63) is 47.8 Å². The molecule has 4 heteroatoms. The Kier molecular flexibility index (Phi) is 3.46. The molecule has 0 aliphatic carbocycles. The molecule has 2 aromatic rings. The van der Waals surface area contributed by atoms with Gasteiger partial charge >= 0.3 is 0 Å². The highest BCUT2D eigenvalue weighted by molar-refractivity contribution is 5.48. The van der Waals surface area contributed by atoms with Gasteiger partial charge in [-0.1, -0.05) is 12.1 Å². The molecule has 0 unspecified atom stereocenters. The summed E-state index contributed by atoms with van der Waals surface area (Å²) < 4.78 is 11.2. The minimum atomic E-state index is 0.443. The van der Waals surface area contributed by atoms with E-state index in [9.17, 15) is 0 Å². The summed E-state index contributed by atoms with van der Waals surface area (Å²) in [7, 11) is 1.67. The topological polar surface area (TPSA) is 57.4 Å². The molecule has 0 amide bonds. The maximum Gasteiger partial charge on any atom is 0.164 e. The van der Waals surface area contributed by atoms with Crippen molar-refractivity contribution in [2.75, 3.05) is 19.5 Å². The predicted octanol–water partition coefficient (Wildman–Crippen LogP) is 2.47. The first-order valence-corrected chi connectivity index (χ1v) is 6.74. The Morgan fingerprint density at radius 3 is 3.10 bits per heavy atom. The largest absolute Gasteiger partial charge is 0.493 e. The number of ether oxygens (including phenoxy) is 2. The van der Waals surface area contributed by atoms with Gasteiger partial charge in [-0.15, -0.1) is 0 Å². The summed E-state index contributed by atoms with van der Waals surface area (Å²) >= 11 is 0. The number of rotatable bonds is 3. The van der Waals surface area contributed by atoms with E-state index in [-0.39, 0.29) is 0 Å². The van der Waals surface area contributed by atoms with Gasteiger partial charge in [-0.2, -0.15) is 0 Å². The highest BCUT2D eigenvalue weighted by Crippen LogP contribution is 2.36. The Bertz CT molecular complexity index is 613. The number of nitrogens with zero attached hydrogens (tertiary/aromatic N) is 1. The normalized spacial score (nSPS) is 17.1. The maximum absolute atomic E-state index is 5.88. The van der Waals surface area contributed by atoms with Gasteiger partial charge in [0.05, 0.1) is 19.4 Å². The molecule has 0 saturated heterocycles. The lowest BCUT2D eigenvalue weighted by Gasteiger charge is -2.26. The number of hydrogen-bond acceptors (Lipinski definition) is 4. The average Bonchev–Trinajstić information content (AvgIpc) is 2.46. The molecule has 0 radical (unpaired) electrons. The molecular weight excluding hydrogens is 252 g/mol. The van der Waals surface area contributed by atoms with Crippen LogP contribution in [0.3, 0.4) is 0 Å². The van der Waals surface area contributed by atoms with Crippen molar-refractivity contribution >= 4 is 5.69 Å². The summed E-state index contributed by atoms with van der Waals surface area (Å²) in [4.78, 5) is 4.14. The lowest BCUT2D eigenvalue weighted by atomic mass is 9.91. The third kappa shape index (κ3) is 2.54. The Hall–Kier alpha value is -2.23. The molecule has 2 heterocycles. The van der Waals surface area contributed by atoms with Crippen LogP contribution < -0.4 is 15.2 Å². The van der Waals surface area contributed by atoms with Crippen LogP contribution in [0.1, 0.15) is 11.1 Å². The van der Waals surface area contributed by atoms with Gasteiger partial charge in [0, 0.05) is 18.3 Å². The fourth-order valence-corrected chi connectivity index (χ4v) is 2.70. The Balaban J connectivity index is 1.76. The van der Waals surface area contributed by atoms with Crippen LogP contribution >= 0.6 is 0 Å². The Morgan fingerprint density at radius 1 is 1.40 bits per heavy atom. The quantitative estimate of drug-likeness (QED) is 0.930. The van der Waals surface area contributed by atoms with Crippen molar-refractivity contribution < 1.29 is 9.47 Å². The molecule has 1 aromatic heterocycles. The monoisotopic (exact) mass is 270 g/mol. The number of pyridine rings is 1. The van der Waals surface area contributed by atoms with Crippen LogP contribution in [0, 0.1) is 5.92 Å². The predicted molar refractivity (Wildman–Crippen MR) is 78.0 cm³/mol. The van der Waals surface area contributed by atoms with E-state index in [1.807, 2.05) is 24.4 Å². The average molecular weight is 270 g/mol. The molecule has 20 heavy (non-hydrogen) atoms. The summed E-state index contributed by atoms with van der Waals surface area (Å²) in [6, 6.07) is 8.02. The smallest absolute Gasteiger partial charge is 0.164 e. The molecule has 0 saturated carbocycles. The molecule has 0 spiro atoms. The van der Waals surface area contributed by atoms with Gasteiger partial charge in [0.2, 0.25) is 0 Å². The zero-order chi connectivity index (χ0) is 13.9. The molecule has 1 aromatic carbocycles. The SMILES string of the molecule is COc1cccc2c1OC[C@@H](Cc1cncc(N)c1)C2. The van der Waals surface area contributed by atoms with E-state index in [0.29, 0.717) is 18.2 Å². The van der Waals surface area contributed by atoms with Crippen molar-refractivity contribution in [1.29, 1.82) is 0 Å². The van der Waals surface area contributed by atoms with E-state index >= 15 is 0 Å². The fraction of sp³-hybridized carbons (Fsp3) is 0.312. The first-order valence-electron chi connectivity index (χ1n) is 6.74. The van der Waals surface area contributed by atoms with Gasteiger partial charge in [0.1, 0.15) is 0 Å². The number of hydrogen-bond donors (Lipinski definition) is 1. The van der Waals surface area contributed by atoms with E-state index in [4.69, 9.17) is 15.2 Å². The number of nitrogen functional groups attached to an aromatic ring is 1. The number of nitrogens with two attached hydrogens (primary N) is 1. The Labute approximate surface area is 118 Å². The highest BCUT2D eigenvalue weighted by atomic mass is 16.5. The molecule has 0 bridgehead atoms. The van der Waals surface area contributed by atoms with Crippen LogP contribution in [0.4, 0.5) is 5.69 Å². The van der Waals surface area contributed by atoms with Gasteiger partial charge in [0.25, 0.3) is 0 Å². The molecule has 104 valence electrons. The zero-order valence-corrected chi connectivity index (χ0v) is 11.5. The summed E-state index contributed by atoms with van der Waals surface area (Å²) in [5.41, 5.74) is 8.84. The number of aromatic nitrogens is 1. The minimum absolute atomic E-state index is 0.443. The molecule has 1 atom stereocenters. The number of anilines is 1. The lowest BCUT2D eigenvalue weighted by Crippen LogP contribution is -2.23. The molecule has 1 aliphatic rings. The van der Waals surface area contributed by atoms with Gasteiger partial charge < -0.3 is 15.2 Å². The number of benzene rings is 1. The van der Waals surface area contributed by atoms with E-state index in [1.54, 1.807) is 13.3 Å². The highest BCUT2D eigenvalue weighted by Gasteiger charge is 2.22.